The smallest absolute Gasteiger partial charge is 0.343 e. The van der Waals surface area contributed by atoms with Gasteiger partial charge in [0.25, 0.3) is 0 Å². The van der Waals surface area contributed by atoms with Gasteiger partial charge in [0, 0.05) is 44.6 Å². The van der Waals surface area contributed by atoms with Crippen LogP contribution in [0, 0.1) is 23.3 Å². The molecule has 54 heavy (non-hydrogen) atoms. The highest BCUT2D eigenvalue weighted by Crippen LogP contribution is 2.41. The van der Waals surface area contributed by atoms with Gasteiger partial charge in [-0.05, 0) is 26.0 Å². The zero-order valence-electron chi connectivity index (χ0n) is 28.1. The number of hydrogen-bond donors (Lipinski definition) is 2. The topological polar surface area (TPSA) is 156 Å². The first kappa shape index (κ1) is 37.1. The average molecular weight is 793 g/mol. The van der Waals surface area contributed by atoms with Gasteiger partial charge in [-0.3, -0.25) is 18.7 Å². The maximum absolute atomic E-state index is 16.1. The summed E-state index contributed by atoms with van der Waals surface area (Å²) in [5.74, 6) is -8.77. The van der Waals surface area contributed by atoms with Crippen molar-refractivity contribution in [3.63, 3.8) is 0 Å². The summed E-state index contributed by atoms with van der Waals surface area (Å²) in [6, 6.07) is 1.91. The highest BCUT2D eigenvalue weighted by molar-refractivity contribution is 6.38. The molecule has 5 heterocycles. The molecule has 0 bridgehead atoms. The molecule has 0 amide bonds. The lowest BCUT2D eigenvalue weighted by molar-refractivity contribution is 0.0514. The van der Waals surface area contributed by atoms with Crippen LogP contribution in [-0.4, -0.2) is 87.9 Å². The molecule has 2 saturated heterocycles. The van der Waals surface area contributed by atoms with Crippen LogP contribution in [0.3, 0.4) is 0 Å². The molecule has 3 aromatic heterocycles. The normalized spacial score (nSPS) is 14.8. The van der Waals surface area contributed by atoms with Gasteiger partial charge < -0.3 is 29.5 Å². The van der Waals surface area contributed by atoms with Crippen molar-refractivity contribution >= 4 is 68.3 Å². The van der Waals surface area contributed by atoms with Gasteiger partial charge in [-0.1, -0.05) is 23.2 Å². The highest BCUT2D eigenvalue weighted by atomic mass is 35.5. The lowest BCUT2D eigenvalue weighted by atomic mass is 10.1. The molecular formula is C35H27Cl2F4N5O8. The number of carbonyl (C=O) groups is 2. The lowest BCUT2D eigenvalue weighted by Gasteiger charge is -2.38. The summed E-state index contributed by atoms with van der Waals surface area (Å²) in [6.07, 6.45) is 0.0267. The van der Waals surface area contributed by atoms with Gasteiger partial charge in [0.05, 0.1) is 68.6 Å². The fraction of sp³-hybridized carbons (Fsp3) is 0.286. The predicted molar refractivity (Wildman–Crippen MR) is 189 cm³/mol. The third-order valence-electron chi connectivity index (χ3n) is 9.01. The molecule has 0 saturated carbocycles. The Bertz CT molecular complexity index is 2380. The Kier molecular flexibility index (Phi) is 9.54. The van der Waals surface area contributed by atoms with Gasteiger partial charge in [-0.2, -0.15) is 0 Å². The van der Waals surface area contributed by atoms with E-state index in [1.165, 1.54) is 23.6 Å². The summed E-state index contributed by atoms with van der Waals surface area (Å²) in [7, 11) is 0. The molecule has 0 spiro atoms. The van der Waals surface area contributed by atoms with Gasteiger partial charge in [0.1, 0.15) is 22.8 Å². The minimum atomic E-state index is -1.39. The first-order chi connectivity index (χ1) is 25.7. The molecule has 0 radical (unpaired) electrons. The van der Waals surface area contributed by atoms with Crippen LogP contribution in [0.15, 0.2) is 40.2 Å². The summed E-state index contributed by atoms with van der Waals surface area (Å²) in [5, 5.41) is 17.8. The van der Waals surface area contributed by atoms with Crippen molar-refractivity contribution in [2.24, 2.45) is 0 Å². The van der Waals surface area contributed by atoms with Crippen LogP contribution in [-0.2, 0) is 9.47 Å². The van der Waals surface area contributed by atoms with Crippen molar-refractivity contribution < 1.29 is 46.8 Å². The number of carbonyl (C=O) groups excluding carboxylic acids is 2. The number of β-amino-alcohol motifs (C(OH)–C–C–N with tert-alkyl or cyclic N) is 2. The number of aromatic nitrogens is 3. The summed E-state index contributed by atoms with van der Waals surface area (Å²) in [5.41, 5.74) is -4.74. The summed E-state index contributed by atoms with van der Waals surface area (Å²) >= 11 is 13.5. The molecule has 282 valence electrons. The Morgan fingerprint density at radius 1 is 0.704 bits per heavy atom. The second-order valence-electron chi connectivity index (χ2n) is 12.5. The number of aliphatic hydroxyl groups excluding tert-OH is 2. The zero-order valence-corrected chi connectivity index (χ0v) is 29.6. The monoisotopic (exact) mass is 791 g/mol. The van der Waals surface area contributed by atoms with E-state index in [-0.39, 0.29) is 61.8 Å². The highest BCUT2D eigenvalue weighted by Gasteiger charge is 2.34. The minimum absolute atomic E-state index is 0.0391. The SMILES string of the molecule is CCOC(=O)c1cn(-c2nc(-n3cc(C(=O)OCC)c(=O)c4cc(F)c(N5CC(O)C5)c(Cl)c43)c(F)cc2F)c2c(Cl)c(N3CC(O)C3)c(F)cc2c1=O. The van der Waals surface area contributed by atoms with Crippen LogP contribution in [0.4, 0.5) is 28.9 Å². The fourth-order valence-corrected chi connectivity index (χ4v) is 7.30. The molecule has 0 atom stereocenters. The summed E-state index contributed by atoms with van der Waals surface area (Å²) in [4.78, 5) is 60.1. The molecule has 2 N–H and O–H groups in total. The standard InChI is InChI=1S/C35H27Cl2F4N5O8/c1-3-53-34(51)18-12-45(26-16(30(18)49)5-20(38)28(24(26)36)43-8-14(47)9-43)32-22(40)7-23(41)33(42-32)46-13-19(35(52)54-4-2)31(50)17-6-21(39)29(25(37)27(17)46)44-10-15(48)11-44/h5-7,12-15,47-48H,3-4,8-11H2,1-2H3. The van der Waals surface area contributed by atoms with E-state index in [0.29, 0.717) is 6.07 Å². The van der Waals surface area contributed by atoms with Crippen LogP contribution in [0.1, 0.15) is 34.6 Å². The zero-order chi connectivity index (χ0) is 38.9. The number of pyridine rings is 3. The van der Waals surface area contributed by atoms with E-state index < -0.39 is 102 Å². The Labute approximate surface area is 311 Å². The molecule has 2 aliphatic heterocycles. The number of halogens is 6. The molecule has 19 heteroatoms. The predicted octanol–water partition coefficient (Wildman–Crippen LogP) is 4.27. The Balaban J connectivity index is 1.57. The summed E-state index contributed by atoms with van der Waals surface area (Å²) in [6.45, 7) is 2.39. The second-order valence-corrected chi connectivity index (χ2v) is 13.2. The van der Waals surface area contributed by atoms with Crippen LogP contribution in [0.5, 0.6) is 0 Å². The van der Waals surface area contributed by atoms with Gasteiger partial charge in [0.15, 0.2) is 23.3 Å². The Morgan fingerprint density at radius 3 is 1.41 bits per heavy atom. The van der Waals surface area contributed by atoms with E-state index in [1.54, 1.807) is 0 Å². The second kappa shape index (κ2) is 13.9. The van der Waals surface area contributed by atoms with Gasteiger partial charge in [-0.15, -0.1) is 0 Å². The number of rotatable bonds is 8. The largest absolute Gasteiger partial charge is 0.462 e. The summed E-state index contributed by atoms with van der Waals surface area (Å²) < 4.78 is 75.1. The van der Waals surface area contributed by atoms with E-state index >= 15 is 17.6 Å². The van der Waals surface area contributed by atoms with Crippen LogP contribution < -0.4 is 20.7 Å². The number of nitrogens with zero attached hydrogens (tertiary/aromatic N) is 5. The number of anilines is 2. The van der Waals surface area contributed by atoms with E-state index in [2.05, 4.69) is 4.98 Å². The lowest BCUT2D eigenvalue weighted by Crippen LogP contribution is -2.51. The maximum Gasteiger partial charge on any atom is 0.343 e. The number of esters is 2. The number of hydrogen-bond acceptors (Lipinski definition) is 11. The van der Waals surface area contributed by atoms with Crippen molar-refractivity contribution in [1.29, 1.82) is 0 Å². The van der Waals surface area contributed by atoms with Crippen molar-refractivity contribution in [3.8, 4) is 11.6 Å². The number of fused-ring (bicyclic) bond motifs is 2. The van der Waals surface area contributed by atoms with Crippen LogP contribution >= 0.6 is 23.2 Å². The first-order valence-electron chi connectivity index (χ1n) is 16.4. The Morgan fingerprint density at radius 2 is 1.07 bits per heavy atom. The quantitative estimate of drug-likeness (QED) is 0.171. The molecule has 0 aliphatic carbocycles. The van der Waals surface area contributed by atoms with Gasteiger partial charge in [-0.25, -0.2) is 32.1 Å². The molecule has 5 aromatic rings. The molecule has 2 aromatic carbocycles. The van der Waals surface area contributed by atoms with Crippen LogP contribution in [0.25, 0.3) is 33.4 Å². The molecule has 2 aliphatic rings. The van der Waals surface area contributed by atoms with E-state index in [9.17, 15) is 29.4 Å². The number of benzene rings is 2. The van der Waals surface area contributed by atoms with E-state index in [1.807, 2.05) is 0 Å². The molecule has 0 unspecified atom stereocenters. The van der Waals surface area contributed by atoms with Crippen molar-refractivity contribution in [2.75, 3.05) is 49.2 Å². The van der Waals surface area contributed by atoms with Crippen molar-refractivity contribution in [3.05, 3.63) is 95.5 Å². The number of aliphatic hydroxyl groups is 2. The molecule has 7 rings (SSSR count). The molecular weight excluding hydrogens is 765 g/mol. The Hall–Kier alpha value is -5.23. The van der Waals surface area contributed by atoms with Crippen LogP contribution in [0.2, 0.25) is 10.0 Å². The first-order valence-corrected chi connectivity index (χ1v) is 17.1. The minimum Gasteiger partial charge on any atom is -0.462 e. The van der Waals surface area contributed by atoms with E-state index in [4.69, 9.17) is 32.7 Å². The third-order valence-corrected chi connectivity index (χ3v) is 9.73. The molecule has 2 fully saturated rings. The molecule has 13 nitrogen and oxygen atoms in total. The van der Waals surface area contributed by atoms with Gasteiger partial charge >= 0.3 is 11.9 Å². The van der Waals surface area contributed by atoms with Crippen molar-refractivity contribution in [2.45, 2.75) is 26.1 Å². The maximum atomic E-state index is 16.1. The number of ether oxygens (including phenoxy) is 2. The van der Waals surface area contributed by atoms with E-state index in [0.717, 1.165) is 33.7 Å². The van der Waals surface area contributed by atoms with Crippen molar-refractivity contribution in [1.82, 2.24) is 14.1 Å². The fourth-order valence-electron chi connectivity index (χ4n) is 6.49. The van der Waals surface area contributed by atoms with Gasteiger partial charge in [0.2, 0.25) is 10.9 Å². The average Bonchev–Trinajstić information content (AvgIpc) is 3.08. The third kappa shape index (κ3) is 5.91.